The largest absolute Gasteiger partial charge is 0.351 e. The number of hydrogen-bond acceptors (Lipinski definition) is 4. The first-order valence-electron chi connectivity index (χ1n) is 5.33. The fraction of sp³-hybridized carbons (Fsp3) is 0.182. The first-order chi connectivity index (χ1) is 8.97. The number of hydrogen-bond donors (Lipinski definition) is 2. The van der Waals surface area contributed by atoms with Crippen LogP contribution in [0.2, 0.25) is 0 Å². The average Bonchev–Trinajstić information content (AvgIpc) is 2.92. The predicted molar refractivity (Wildman–Crippen MR) is 69.3 cm³/mol. The second-order valence-electron chi connectivity index (χ2n) is 3.90. The van der Waals surface area contributed by atoms with E-state index in [0.29, 0.717) is 11.4 Å². The number of rotatable bonds is 2. The highest BCUT2D eigenvalue weighted by Crippen LogP contribution is 2.13. The van der Waals surface area contributed by atoms with Gasteiger partial charge in [0.1, 0.15) is 5.69 Å². The van der Waals surface area contributed by atoms with E-state index in [1.165, 1.54) is 6.07 Å². The molecule has 2 aromatic heterocycles. The minimum atomic E-state index is -0.567. The summed E-state index contributed by atoms with van der Waals surface area (Å²) in [6.07, 6.45) is 1.73. The van der Waals surface area contributed by atoms with Gasteiger partial charge in [0.2, 0.25) is 5.76 Å². The lowest BCUT2D eigenvalue weighted by Crippen LogP contribution is -2.42. The third-order valence-corrected chi connectivity index (χ3v) is 2.78. The topological polar surface area (TPSA) is 89.2 Å². The Kier molecular flexibility index (Phi) is 3.70. The molecule has 2 amide bonds. The van der Waals surface area contributed by atoms with E-state index in [0.717, 1.165) is 4.47 Å². The van der Waals surface area contributed by atoms with Crippen LogP contribution in [-0.2, 0) is 7.05 Å². The maximum Gasteiger partial charge on any atom is 0.308 e. The number of aryl methyl sites for hydroxylation is 2. The van der Waals surface area contributed by atoms with Gasteiger partial charge in [-0.3, -0.25) is 20.4 Å². The molecule has 0 bridgehead atoms. The van der Waals surface area contributed by atoms with Gasteiger partial charge in [0.15, 0.2) is 0 Å². The first kappa shape index (κ1) is 13.3. The standard InChI is InChI=1S/C11H11BrN4O3/c1-6-3-9(19-15-6)11(18)14-13-10(17)8-4-7(12)5-16(8)2/h3-5H,1-2H3,(H,13,17)(H,14,18). The van der Waals surface area contributed by atoms with E-state index in [1.54, 1.807) is 30.8 Å². The van der Waals surface area contributed by atoms with Crippen LogP contribution >= 0.6 is 15.9 Å². The molecule has 0 aliphatic heterocycles. The van der Waals surface area contributed by atoms with Crippen LogP contribution in [0.1, 0.15) is 26.7 Å². The molecule has 2 rings (SSSR count). The summed E-state index contributed by atoms with van der Waals surface area (Å²) in [4.78, 5) is 23.4. The third kappa shape index (κ3) is 3.02. The number of hydrazine groups is 1. The molecule has 2 heterocycles. The Bertz CT molecular complexity index is 632. The minimum Gasteiger partial charge on any atom is -0.351 e. The van der Waals surface area contributed by atoms with E-state index in [2.05, 4.69) is 31.9 Å². The van der Waals surface area contributed by atoms with Gasteiger partial charge in [0, 0.05) is 23.8 Å². The normalized spacial score (nSPS) is 10.3. The Morgan fingerprint density at radius 2 is 2.00 bits per heavy atom. The lowest BCUT2D eigenvalue weighted by molar-refractivity contribution is 0.0821. The molecule has 19 heavy (non-hydrogen) atoms. The second kappa shape index (κ2) is 5.27. The van der Waals surface area contributed by atoms with Gasteiger partial charge in [-0.1, -0.05) is 5.16 Å². The Balaban J connectivity index is 1.97. The van der Waals surface area contributed by atoms with E-state index in [9.17, 15) is 9.59 Å². The molecule has 2 N–H and O–H groups in total. The van der Waals surface area contributed by atoms with Crippen LogP contribution in [-0.4, -0.2) is 21.5 Å². The molecule has 0 atom stereocenters. The lowest BCUT2D eigenvalue weighted by Gasteiger charge is -2.05. The highest BCUT2D eigenvalue weighted by atomic mass is 79.9. The molecule has 7 nitrogen and oxygen atoms in total. The number of amides is 2. The van der Waals surface area contributed by atoms with Gasteiger partial charge in [-0.15, -0.1) is 0 Å². The van der Waals surface area contributed by atoms with Crippen molar-refractivity contribution in [1.29, 1.82) is 0 Å². The van der Waals surface area contributed by atoms with Gasteiger partial charge in [-0.2, -0.15) is 0 Å². The average molecular weight is 327 g/mol. The maximum absolute atomic E-state index is 11.8. The summed E-state index contributed by atoms with van der Waals surface area (Å²) in [5.74, 6) is -0.967. The van der Waals surface area contributed by atoms with Crippen LogP contribution in [0.4, 0.5) is 0 Å². The summed E-state index contributed by atoms with van der Waals surface area (Å²) in [5, 5.41) is 3.58. The molecule has 0 aliphatic carbocycles. The Morgan fingerprint density at radius 3 is 2.53 bits per heavy atom. The van der Waals surface area contributed by atoms with E-state index < -0.39 is 11.8 Å². The fourth-order valence-corrected chi connectivity index (χ4v) is 1.98. The molecule has 0 saturated carbocycles. The zero-order valence-corrected chi connectivity index (χ0v) is 11.8. The van der Waals surface area contributed by atoms with E-state index in [1.807, 2.05) is 0 Å². The lowest BCUT2D eigenvalue weighted by atomic mass is 10.4. The number of aromatic nitrogens is 2. The fourth-order valence-electron chi connectivity index (χ4n) is 1.46. The number of halogens is 1. The smallest absolute Gasteiger partial charge is 0.308 e. The maximum atomic E-state index is 11.8. The van der Waals surface area contributed by atoms with Gasteiger partial charge in [0.05, 0.1) is 5.69 Å². The van der Waals surface area contributed by atoms with Crippen molar-refractivity contribution in [3.05, 3.63) is 40.0 Å². The van der Waals surface area contributed by atoms with Crippen molar-refractivity contribution in [3.63, 3.8) is 0 Å². The van der Waals surface area contributed by atoms with Gasteiger partial charge < -0.3 is 9.09 Å². The summed E-state index contributed by atoms with van der Waals surface area (Å²) in [7, 11) is 1.72. The Hall–Kier alpha value is -2.09. The van der Waals surface area contributed by atoms with E-state index in [4.69, 9.17) is 4.52 Å². The number of carbonyl (C=O) groups is 2. The molecular weight excluding hydrogens is 316 g/mol. The number of carbonyl (C=O) groups excluding carboxylic acids is 2. The molecule has 0 unspecified atom stereocenters. The quantitative estimate of drug-likeness (QED) is 0.810. The van der Waals surface area contributed by atoms with Gasteiger partial charge in [-0.05, 0) is 28.9 Å². The van der Waals surface area contributed by atoms with Gasteiger partial charge in [-0.25, -0.2) is 0 Å². The minimum absolute atomic E-state index is 0.0332. The van der Waals surface area contributed by atoms with Crippen LogP contribution in [0.3, 0.4) is 0 Å². The van der Waals surface area contributed by atoms with Crippen molar-refractivity contribution < 1.29 is 14.1 Å². The molecule has 0 saturated heterocycles. The van der Waals surface area contributed by atoms with Crippen LogP contribution in [0.5, 0.6) is 0 Å². The molecule has 0 fully saturated rings. The number of nitrogens with one attached hydrogen (secondary N) is 2. The van der Waals surface area contributed by atoms with Crippen LogP contribution in [0, 0.1) is 6.92 Å². The second-order valence-corrected chi connectivity index (χ2v) is 4.81. The third-order valence-electron chi connectivity index (χ3n) is 2.35. The van der Waals surface area contributed by atoms with Crippen molar-refractivity contribution in [2.75, 3.05) is 0 Å². The first-order valence-corrected chi connectivity index (χ1v) is 6.12. The monoisotopic (exact) mass is 326 g/mol. The molecule has 0 aliphatic rings. The highest BCUT2D eigenvalue weighted by molar-refractivity contribution is 9.10. The summed E-state index contributed by atoms with van der Waals surface area (Å²) in [6.45, 7) is 1.69. The SMILES string of the molecule is Cc1cc(C(=O)NNC(=O)c2cc(Br)cn2C)on1. The van der Waals surface area contributed by atoms with Crippen molar-refractivity contribution in [1.82, 2.24) is 20.6 Å². The van der Waals surface area contributed by atoms with Crippen molar-refractivity contribution in [2.24, 2.45) is 7.05 Å². The molecule has 100 valence electrons. The van der Waals surface area contributed by atoms with Crippen molar-refractivity contribution in [2.45, 2.75) is 6.92 Å². The Labute approximate surface area is 117 Å². The summed E-state index contributed by atoms with van der Waals surface area (Å²) >= 11 is 3.26. The van der Waals surface area contributed by atoms with E-state index in [-0.39, 0.29) is 5.76 Å². The molecule has 2 aromatic rings. The Morgan fingerprint density at radius 1 is 1.32 bits per heavy atom. The summed E-state index contributed by atoms with van der Waals surface area (Å²) in [5.41, 5.74) is 5.53. The molecule has 0 aromatic carbocycles. The summed E-state index contributed by atoms with van der Waals surface area (Å²) in [6, 6.07) is 3.11. The van der Waals surface area contributed by atoms with Gasteiger partial charge >= 0.3 is 5.91 Å². The summed E-state index contributed by atoms with van der Waals surface area (Å²) < 4.78 is 7.17. The van der Waals surface area contributed by atoms with Crippen molar-refractivity contribution in [3.8, 4) is 0 Å². The molecular formula is C11H11BrN4O3. The highest BCUT2D eigenvalue weighted by Gasteiger charge is 2.15. The zero-order chi connectivity index (χ0) is 14.0. The van der Waals surface area contributed by atoms with Crippen LogP contribution < -0.4 is 10.9 Å². The van der Waals surface area contributed by atoms with Crippen LogP contribution in [0.15, 0.2) is 27.3 Å². The molecule has 0 radical (unpaired) electrons. The van der Waals surface area contributed by atoms with Gasteiger partial charge in [0.25, 0.3) is 5.91 Å². The number of nitrogens with zero attached hydrogens (tertiary/aromatic N) is 2. The van der Waals surface area contributed by atoms with Crippen LogP contribution in [0.25, 0.3) is 0 Å². The van der Waals surface area contributed by atoms with Crippen molar-refractivity contribution >= 4 is 27.7 Å². The molecule has 8 heteroatoms. The molecule has 0 spiro atoms. The predicted octanol–water partition coefficient (Wildman–Crippen LogP) is 1.16. The van der Waals surface area contributed by atoms with E-state index >= 15 is 0 Å². The zero-order valence-electron chi connectivity index (χ0n) is 10.2.